The molecule has 0 radical (unpaired) electrons. The Bertz CT molecular complexity index is 1240. The fourth-order valence-corrected chi connectivity index (χ4v) is 9.22. The highest BCUT2D eigenvalue weighted by atomic mass is 16.3. The summed E-state index contributed by atoms with van der Waals surface area (Å²) >= 11 is 0. The Kier molecular flexibility index (Phi) is 58.8. The SMILES string of the molecule is CC/C=C\C/C=C\C/C=C\C/C=C\C/C=C\CCCCCCCCCCCCCCCCCCCC(=O)NC(CO)C(O)/C=C/CC/C=C/CCCCCCCCCCCCCCCCCCCCC. The molecule has 3 N–H and O–H groups in total. The van der Waals surface area contributed by atoms with Gasteiger partial charge in [0, 0.05) is 6.42 Å². The number of amides is 1. The summed E-state index contributed by atoms with van der Waals surface area (Å²) in [5.41, 5.74) is 0. The van der Waals surface area contributed by atoms with Gasteiger partial charge in [0.05, 0.1) is 18.8 Å². The van der Waals surface area contributed by atoms with Gasteiger partial charge < -0.3 is 15.5 Å². The molecule has 0 aliphatic heterocycles. The molecule has 0 saturated carbocycles. The van der Waals surface area contributed by atoms with Crippen LogP contribution in [0.4, 0.5) is 0 Å². The Morgan fingerprint density at radius 2 is 0.643 bits per heavy atom. The van der Waals surface area contributed by atoms with Crippen molar-refractivity contribution >= 4 is 5.91 Å². The van der Waals surface area contributed by atoms with E-state index in [0.717, 1.165) is 64.2 Å². The van der Waals surface area contributed by atoms with E-state index in [9.17, 15) is 15.0 Å². The molecule has 4 nitrogen and oxygen atoms in total. The van der Waals surface area contributed by atoms with Gasteiger partial charge in [-0.15, -0.1) is 0 Å². The van der Waals surface area contributed by atoms with E-state index in [-0.39, 0.29) is 12.5 Å². The molecule has 0 saturated heterocycles. The lowest BCUT2D eigenvalue weighted by Crippen LogP contribution is -2.45. The summed E-state index contributed by atoms with van der Waals surface area (Å²) in [4.78, 5) is 12.5. The lowest BCUT2D eigenvalue weighted by Gasteiger charge is -2.19. The number of hydrogen-bond acceptors (Lipinski definition) is 3. The molecular formula is C66H119NO3. The highest BCUT2D eigenvalue weighted by molar-refractivity contribution is 5.76. The van der Waals surface area contributed by atoms with E-state index >= 15 is 0 Å². The number of hydrogen-bond donors (Lipinski definition) is 3. The van der Waals surface area contributed by atoms with Crippen LogP contribution in [-0.2, 0) is 4.79 Å². The molecule has 0 aromatic rings. The fourth-order valence-electron chi connectivity index (χ4n) is 9.22. The van der Waals surface area contributed by atoms with Crippen LogP contribution in [-0.4, -0.2) is 34.9 Å². The summed E-state index contributed by atoms with van der Waals surface area (Å²) in [7, 11) is 0. The normalized spacial score (nSPS) is 13.4. The van der Waals surface area contributed by atoms with Gasteiger partial charge in [0.2, 0.25) is 5.91 Å². The fraction of sp³-hybridized carbons (Fsp3) is 0.773. The first-order valence-corrected chi connectivity index (χ1v) is 30.8. The van der Waals surface area contributed by atoms with Crippen molar-refractivity contribution < 1.29 is 15.0 Å². The van der Waals surface area contributed by atoms with Gasteiger partial charge in [-0.3, -0.25) is 4.79 Å². The molecule has 0 aromatic heterocycles. The Morgan fingerprint density at radius 1 is 0.357 bits per heavy atom. The first kappa shape index (κ1) is 67.6. The Morgan fingerprint density at radius 3 is 1.00 bits per heavy atom. The number of carbonyl (C=O) groups excluding carboxylic acids is 1. The van der Waals surface area contributed by atoms with Gasteiger partial charge >= 0.3 is 0 Å². The van der Waals surface area contributed by atoms with Gasteiger partial charge in [0.1, 0.15) is 0 Å². The summed E-state index contributed by atoms with van der Waals surface area (Å²) < 4.78 is 0. The summed E-state index contributed by atoms with van der Waals surface area (Å²) in [5, 5.41) is 23.2. The molecule has 0 fully saturated rings. The second kappa shape index (κ2) is 60.9. The monoisotopic (exact) mass is 974 g/mol. The van der Waals surface area contributed by atoms with Gasteiger partial charge in [-0.25, -0.2) is 0 Å². The number of nitrogens with one attached hydrogen (secondary N) is 1. The van der Waals surface area contributed by atoms with Crippen LogP contribution in [0.1, 0.15) is 309 Å². The quantitative estimate of drug-likeness (QED) is 0.0420. The number of unbranched alkanes of at least 4 members (excludes halogenated alkanes) is 37. The largest absolute Gasteiger partial charge is 0.394 e. The minimum absolute atomic E-state index is 0.0720. The molecule has 70 heavy (non-hydrogen) atoms. The van der Waals surface area contributed by atoms with Crippen LogP contribution in [0, 0.1) is 0 Å². The van der Waals surface area contributed by atoms with Crippen molar-refractivity contribution in [1.29, 1.82) is 0 Å². The van der Waals surface area contributed by atoms with Crippen LogP contribution in [0.3, 0.4) is 0 Å². The minimum atomic E-state index is -0.866. The third kappa shape index (κ3) is 56.5. The predicted octanol–water partition coefficient (Wildman–Crippen LogP) is 20.7. The minimum Gasteiger partial charge on any atom is -0.394 e. The zero-order valence-corrected chi connectivity index (χ0v) is 46.8. The maximum absolute atomic E-state index is 12.5. The van der Waals surface area contributed by atoms with Gasteiger partial charge in [-0.1, -0.05) is 311 Å². The molecule has 0 heterocycles. The van der Waals surface area contributed by atoms with E-state index in [1.165, 1.54) is 225 Å². The Hall–Kier alpha value is -2.43. The zero-order valence-electron chi connectivity index (χ0n) is 46.8. The van der Waals surface area contributed by atoms with Crippen molar-refractivity contribution in [1.82, 2.24) is 5.32 Å². The molecule has 0 spiro atoms. The molecule has 0 aromatic carbocycles. The van der Waals surface area contributed by atoms with Crippen molar-refractivity contribution in [2.75, 3.05) is 6.61 Å². The van der Waals surface area contributed by atoms with E-state index in [1.807, 2.05) is 6.08 Å². The van der Waals surface area contributed by atoms with Gasteiger partial charge in [-0.2, -0.15) is 0 Å². The summed E-state index contributed by atoms with van der Waals surface area (Å²) in [6, 6.07) is -0.643. The number of allylic oxidation sites excluding steroid dienone is 13. The third-order valence-electron chi connectivity index (χ3n) is 13.9. The molecular weight excluding hydrogens is 855 g/mol. The average molecular weight is 975 g/mol. The summed E-state index contributed by atoms with van der Waals surface area (Å²) in [6.07, 6.45) is 89.1. The smallest absolute Gasteiger partial charge is 0.220 e. The second-order valence-electron chi connectivity index (χ2n) is 20.7. The first-order valence-electron chi connectivity index (χ1n) is 30.8. The van der Waals surface area contributed by atoms with E-state index in [1.54, 1.807) is 6.08 Å². The maximum Gasteiger partial charge on any atom is 0.220 e. The standard InChI is InChI=1S/C66H119NO3/c1-3-5-7-9-11-13-15-17-19-21-23-25-27-29-30-31-32-33-34-35-36-38-40-42-44-46-48-50-52-54-56-58-60-62-66(70)67-64(63-68)65(69)61-59-57-55-53-51-49-47-45-43-41-39-37-28-26-24-22-20-18-16-14-12-10-8-6-4-2/h5,7,11,13,17,19,23,25,29-30,51,53,59,61,64-65,68-69H,3-4,6,8-10,12,14-16,18,20-22,24,26-28,31-50,52,54-58,60,62-63H2,1-2H3,(H,67,70)/b7-5-,13-11-,19-17-,25-23-,30-29-,53-51+,61-59+. The van der Waals surface area contributed by atoms with Crippen LogP contribution in [0.2, 0.25) is 0 Å². The highest BCUT2D eigenvalue weighted by Gasteiger charge is 2.18. The van der Waals surface area contributed by atoms with E-state index < -0.39 is 12.1 Å². The van der Waals surface area contributed by atoms with E-state index in [2.05, 4.69) is 92.1 Å². The summed E-state index contributed by atoms with van der Waals surface area (Å²) in [6.45, 7) is 4.21. The van der Waals surface area contributed by atoms with Crippen LogP contribution in [0.25, 0.3) is 0 Å². The average Bonchev–Trinajstić information content (AvgIpc) is 3.36. The molecule has 0 rings (SSSR count). The Balaban J connectivity index is 3.51. The van der Waals surface area contributed by atoms with E-state index in [0.29, 0.717) is 6.42 Å². The number of rotatable bonds is 56. The molecule has 4 heteroatoms. The van der Waals surface area contributed by atoms with Crippen molar-refractivity contribution in [3.63, 3.8) is 0 Å². The summed E-state index contributed by atoms with van der Waals surface area (Å²) in [5.74, 6) is -0.0720. The Labute approximate surface area is 437 Å². The molecule has 2 unspecified atom stereocenters. The van der Waals surface area contributed by atoms with Crippen LogP contribution >= 0.6 is 0 Å². The van der Waals surface area contributed by atoms with Gasteiger partial charge in [0.15, 0.2) is 0 Å². The number of aliphatic hydroxyl groups is 2. The predicted molar refractivity (Wildman–Crippen MR) is 313 cm³/mol. The van der Waals surface area contributed by atoms with Crippen molar-refractivity contribution in [3.8, 4) is 0 Å². The molecule has 0 bridgehead atoms. The van der Waals surface area contributed by atoms with Crippen molar-refractivity contribution in [2.45, 2.75) is 321 Å². The molecule has 2 atom stereocenters. The highest BCUT2D eigenvalue weighted by Crippen LogP contribution is 2.17. The van der Waals surface area contributed by atoms with Crippen LogP contribution < -0.4 is 5.32 Å². The maximum atomic E-state index is 12.5. The topological polar surface area (TPSA) is 69.6 Å². The second-order valence-corrected chi connectivity index (χ2v) is 20.7. The third-order valence-corrected chi connectivity index (χ3v) is 13.9. The lowest BCUT2D eigenvalue weighted by atomic mass is 10.0. The molecule has 1 amide bonds. The van der Waals surface area contributed by atoms with Crippen LogP contribution in [0.5, 0.6) is 0 Å². The molecule has 0 aliphatic carbocycles. The zero-order chi connectivity index (χ0) is 50.6. The first-order chi connectivity index (χ1) is 34.7. The number of aliphatic hydroxyl groups excluding tert-OH is 2. The molecule has 0 aliphatic rings. The number of carbonyl (C=O) groups is 1. The van der Waals surface area contributed by atoms with Crippen molar-refractivity contribution in [2.24, 2.45) is 0 Å². The van der Waals surface area contributed by atoms with Crippen LogP contribution in [0.15, 0.2) is 85.1 Å². The molecule has 406 valence electrons. The lowest BCUT2D eigenvalue weighted by molar-refractivity contribution is -0.123. The van der Waals surface area contributed by atoms with Gasteiger partial charge in [0.25, 0.3) is 0 Å². The van der Waals surface area contributed by atoms with Crippen molar-refractivity contribution in [3.05, 3.63) is 85.1 Å². The van der Waals surface area contributed by atoms with Gasteiger partial charge in [-0.05, 0) is 77.0 Å². The van der Waals surface area contributed by atoms with E-state index in [4.69, 9.17) is 0 Å².